The van der Waals surface area contributed by atoms with Gasteiger partial charge in [0.05, 0.1) is 12.7 Å². The Morgan fingerprint density at radius 2 is 1.91 bits per heavy atom. The molecule has 14 nitrogen and oxygen atoms in total. The molecule has 0 aromatic carbocycles. The van der Waals surface area contributed by atoms with Crippen LogP contribution in [0, 0.1) is 0 Å². The van der Waals surface area contributed by atoms with Crippen molar-refractivity contribution in [2.75, 3.05) is 18.5 Å². The smallest absolute Gasteiger partial charge is 0.351 e. The van der Waals surface area contributed by atoms with Crippen molar-refractivity contribution in [3.8, 4) is 0 Å². The normalized spacial score (nSPS) is 24.8. The maximum Gasteiger partial charge on any atom is 0.351 e. The molecule has 1 aliphatic heterocycles. The van der Waals surface area contributed by atoms with E-state index in [9.17, 15) is 33.2 Å². The van der Waals surface area contributed by atoms with Crippen molar-refractivity contribution >= 4 is 35.1 Å². The molecule has 1 fully saturated rings. The summed E-state index contributed by atoms with van der Waals surface area (Å²) < 4.78 is 53.3. The molecule has 1 saturated heterocycles. The fraction of sp³-hybridized carbons (Fsp3) is 0.600. The Morgan fingerprint density at radius 1 is 1.22 bits per heavy atom. The van der Waals surface area contributed by atoms with Crippen LogP contribution < -0.4 is 26.1 Å². The fourth-order valence-electron chi connectivity index (χ4n) is 2.64. The number of phosphoric ester groups is 1. The molecular weight excluding hydrogens is 491 g/mol. The van der Waals surface area contributed by atoms with Crippen LogP contribution in [0.25, 0.3) is 6.08 Å². The minimum Gasteiger partial charge on any atom is -0.778 e. The van der Waals surface area contributed by atoms with Gasteiger partial charge in [0, 0.05) is 17.9 Å². The second-order valence-corrected chi connectivity index (χ2v) is 11.9. The molecule has 1 aromatic heterocycles. The summed E-state index contributed by atoms with van der Waals surface area (Å²) in [6.45, 7) is 2.37. The zero-order valence-corrected chi connectivity index (χ0v) is 19.9. The van der Waals surface area contributed by atoms with Crippen molar-refractivity contribution in [2.45, 2.75) is 45.4 Å². The Morgan fingerprint density at radius 3 is 2.53 bits per heavy atom. The van der Waals surface area contributed by atoms with Crippen molar-refractivity contribution < 1.29 is 46.3 Å². The lowest BCUT2D eigenvalue weighted by Gasteiger charge is -2.34. The second kappa shape index (κ2) is 10.8. The first-order chi connectivity index (χ1) is 14.8. The van der Waals surface area contributed by atoms with Gasteiger partial charge in [-0.1, -0.05) is 26.0 Å². The van der Waals surface area contributed by atoms with Gasteiger partial charge in [0.15, 0.2) is 0 Å². The van der Waals surface area contributed by atoms with E-state index in [0.717, 1.165) is 13.3 Å². The zero-order valence-electron chi connectivity index (χ0n) is 17.2. The number of allylic oxidation sites excluding steroid dienone is 1. The zero-order chi connectivity index (χ0) is 24.2. The Kier molecular flexibility index (Phi) is 9.17. The highest BCUT2D eigenvalue weighted by Crippen LogP contribution is 2.62. The first kappa shape index (κ1) is 27.1. The van der Waals surface area contributed by atoms with E-state index in [2.05, 4.69) is 18.1 Å². The summed E-state index contributed by atoms with van der Waals surface area (Å²) in [4.78, 5) is 50.4. The number of aromatic nitrogens is 2. The number of rotatable bonds is 11. The molecule has 32 heavy (non-hydrogen) atoms. The molecule has 1 aliphatic rings. The Bertz CT molecular complexity index is 1040. The summed E-state index contributed by atoms with van der Waals surface area (Å²) in [5, 5.41) is 0. The van der Waals surface area contributed by atoms with E-state index in [1.807, 2.05) is 13.0 Å². The minimum atomic E-state index is -5.74. The molecule has 2 heterocycles. The van der Waals surface area contributed by atoms with E-state index in [0.29, 0.717) is 12.0 Å². The summed E-state index contributed by atoms with van der Waals surface area (Å²) >= 11 is 0. The summed E-state index contributed by atoms with van der Waals surface area (Å²) in [6.07, 6.45) is 3.98. The van der Waals surface area contributed by atoms with Crippen LogP contribution >= 0.6 is 23.2 Å². The number of hydrogen-bond acceptors (Lipinski definition) is 13. The molecule has 5 atom stereocenters. The average Bonchev–Trinajstić information content (AvgIpc) is 3.13. The monoisotopic (exact) mass is 514 g/mol. The molecule has 0 amide bonds. The molecular formula is C15H23N3O11P3-3. The number of ether oxygens (including phenoxy) is 1. The van der Waals surface area contributed by atoms with Crippen LogP contribution in [0.3, 0.4) is 0 Å². The third kappa shape index (κ3) is 8.00. The molecule has 3 unspecified atom stereocenters. The Balaban J connectivity index is 2.00. The predicted molar refractivity (Wildman–Crippen MR) is 107 cm³/mol. The van der Waals surface area contributed by atoms with Gasteiger partial charge in [-0.3, -0.25) is 18.0 Å². The fourth-order valence-corrected chi connectivity index (χ4v) is 6.22. The molecule has 182 valence electrons. The van der Waals surface area contributed by atoms with Gasteiger partial charge < -0.3 is 34.2 Å². The quantitative estimate of drug-likeness (QED) is 0.398. The van der Waals surface area contributed by atoms with Crippen molar-refractivity contribution in [3.63, 3.8) is 0 Å². The van der Waals surface area contributed by atoms with Gasteiger partial charge in [-0.15, -0.1) is 0 Å². The molecule has 0 spiro atoms. The van der Waals surface area contributed by atoms with Crippen LogP contribution in [0.5, 0.6) is 0 Å². The van der Waals surface area contributed by atoms with Crippen LogP contribution in [0.1, 0.15) is 44.9 Å². The highest BCUT2D eigenvalue weighted by atomic mass is 31.3. The van der Waals surface area contributed by atoms with Gasteiger partial charge in [-0.25, -0.2) is 9.11 Å². The first-order valence-corrected chi connectivity index (χ1v) is 14.1. The second-order valence-electron chi connectivity index (χ2n) is 6.65. The molecule has 0 saturated carbocycles. The van der Waals surface area contributed by atoms with Gasteiger partial charge in [-0.05, 0) is 19.3 Å². The van der Waals surface area contributed by atoms with Gasteiger partial charge in [-0.2, -0.15) is 4.98 Å². The summed E-state index contributed by atoms with van der Waals surface area (Å²) in [7, 11) is -16.1. The Labute approximate surface area is 183 Å². The Hall–Kier alpha value is -1.17. The highest BCUT2D eigenvalue weighted by Gasteiger charge is 2.30. The lowest BCUT2D eigenvalue weighted by atomic mass is 10.2. The number of hydrogen-bond donors (Lipinski definition) is 1. The maximum absolute atomic E-state index is 12.2. The summed E-state index contributed by atoms with van der Waals surface area (Å²) in [5.41, 5.74) is 5.58. The topological polar surface area (TPSA) is 218 Å². The number of anilines is 1. The van der Waals surface area contributed by atoms with Crippen LogP contribution in [0.4, 0.5) is 5.82 Å². The minimum absolute atomic E-state index is 0.0493. The third-order valence-electron chi connectivity index (χ3n) is 4.17. The highest BCUT2D eigenvalue weighted by molar-refractivity contribution is 7.66. The van der Waals surface area contributed by atoms with E-state index >= 15 is 0 Å². The number of nitrogen functional groups attached to an aromatic ring is 1. The first-order valence-electron chi connectivity index (χ1n) is 9.47. The van der Waals surface area contributed by atoms with Gasteiger partial charge in [0.1, 0.15) is 19.6 Å². The van der Waals surface area contributed by atoms with E-state index in [1.54, 1.807) is 6.08 Å². The van der Waals surface area contributed by atoms with Crippen molar-refractivity contribution in [1.29, 1.82) is 0 Å². The lowest BCUT2D eigenvalue weighted by Crippen LogP contribution is -2.29. The van der Waals surface area contributed by atoms with Crippen LogP contribution in [0.2, 0.25) is 0 Å². The van der Waals surface area contributed by atoms with Gasteiger partial charge in [0.25, 0.3) is 15.6 Å². The molecule has 0 aliphatic carbocycles. The third-order valence-corrected chi connectivity index (χ3v) is 8.80. The van der Waals surface area contributed by atoms with Crippen LogP contribution in [-0.2, 0) is 31.6 Å². The van der Waals surface area contributed by atoms with Crippen molar-refractivity contribution in [2.24, 2.45) is 0 Å². The van der Waals surface area contributed by atoms with E-state index in [1.165, 1.54) is 10.8 Å². The molecule has 17 heteroatoms. The number of phosphoric acid groups is 2. The number of nitrogens with two attached hydrogens (primary N) is 1. The van der Waals surface area contributed by atoms with Gasteiger partial charge in [0.2, 0.25) is 0 Å². The molecule has 1 aromatic rings. The lowest BCUT2D eigenvalue weighted by molar-refractivity contribution is -0.245. The van der Waals surface area contributed by atoms with Gasteiger partial charge >= 0.3 is 5.69 Å². The maximum atomic E-state index is 12.2. The van der Waals surface area contributed by atoms with E-state index < -0.39 is 54.0 Å². The van der Waals surface area contributed by atoms with Crippen LogP contribution in [-0.4, -0.2) is 28.4 Å². The van der Waals surface area contributed by atoms with E-state index in [-0.39, 0.29) is 12.2 Å². The molecule has 0 radical (unpaired) electrons. The van der Waals surface area contributed by atoms with Crippen LogP contribution in [0.15, 0.2) is 17.1 Å². The van der Waals surface area contributed by atoms with E-state index in [4.69, 9.17) is 10.5 Å². The molecule has 2 rings (SSSR count). The van der Waals surface area contributed by atoms with Crippen molar-refractivity contribution in [1.82, 2.24) is 9.55 Å². The largest absolute Gasteiger partial charge is 0.778 e. The molecule has 0 bridgehead atoms. The predicted octanol–water partition coefficient (Wildman–Crippen LogP) is 0.486. The summed E-state index contributed by atoms with van der Waals surface area (Å²) in [5.74, 6) is 0.0493. The average molecular weight is 514 g/mol. The number of nitrogens with zero attached hydrogens (tertiary/aromatic N) is 2. The summed E-state index contributed by atoms with van der Waals surface area (Å²) in [6, 6.07) is 0. The van der Waals surface area contributed by atoms with Crippen molar-refractivity contribution in [3.05, 3.63) is 28.3 Å². The standard InChI is InChI=1S/C15H26N3O11P3/c1-3-5-6-11-9-18(15(19)17-14(11)16)13-8-7-12(27-13)10-26-31(22,23)29-32(24,25)28-30(20,21)4-2/h5-6,9,12-13H,3-4,7-8,10H2,1-2H3,(H,20,21)(H,22,23)(H,24,25)(H2,16,17,19)/p-3/b6-5+/t12-,13+/m0/s1. The SMILES string of the molecule is CC/C=C/c1cn([C@H]2CC[C@@H](COP(=O)([O-])OP(=O)([O-])OP(=O)([O-])CC)O2)c(=O)nc1N. The molecule has 2 N–H and O–H groups in total.